The van der Waals surface area contributed by atoms with Crippen LogP contribution in [0.2, 0.25) is 0 Å². The lowest BCUT2D eigenvalue weighted by atomic mass is 10.2. The lowest BCUT2D eigenvalue weighted by Gasteiger charge is -2.09. The zero-order valence-electron chi connectivity index (χ0n) is 6.35. The molecule has 0 saturated heterocycles. The van der Waals surface area contributed by atoms with Crippen molar-refractivity contribution in [2.24, 2.45) is 5.73 Å². The molecule has 1 rings (SSSR count). The van der Waals surface area contributed by atoms with Crippen LogP contribution in [-0.2, 0) is 4.79 Å². The van der Waals surface area contributed by atoms with Crippen LogP contribution in [0.4, 0.5) is 0 Å². The van der Waals surface area contributed by atoms with Crippen molar-refractivity contribution in [1.82, 2.24) is 4.90 Å². The minimum atomic E-state index is 0.151. The van der Waals surface area contributed by atoms with Crippen molar-refractivity contribution in [1.29, 1.82) is 0 Å². The Morgan fingerprint density at radius 2 is 2.30 bits per heavy atom. The summed E-state index contributed by atoms with van der Waals surface area (Å²) in [5.41, 5.74) is 7.50. The topological polar surface area (TPSA) is 46.3 Å². The van der Waals surface area contributed by atoms with Crippen LogP contribution in [0.25, 0.3) is 0 Å². The molecule has 0 bridgehead atoms. The average molecular weight is 140 g/mol. The molecule has 10 heavy (non-hydrogen) atoms. The zero-order valence-corrected chi connectivity index (χ0v) is 6.35. The van der Waals surface area contributed by atoms with Gasteiger partial charge in [0.2, 0.25) is 5.91 Å². The first kappa shape index (κ1) is 7.28. The normalized spacial score (nSPS) is 19.1. The van der Waals surface area contributed by atoms with Crippen LogP contribution in [0, 0.1) is 0 Å². The Morgan fingerprint density at radius 3 is 2.50 bits per heavy atom. The highest BCUT2D eigenvalue weighted by Gasteiger charge is 2.22. The average Bonchev–Trinajstić information content (AvgIpc) is 2.17. The third-order valence-corrected chi connectivity index (χ3v) is 2.00. The van der Waals surface area contributed by atoms with Gasteiger partial charge in [-0.05, 0) is 12.5 Å². The summed E-state index contributed by atoms with van der Waals surface area (Å²) in [4.78, 5) is 12.6. The molecule has 0 saturated carbocycles. The summed E-state index contributed by atoms with van der Waals surface area (Å²) in [7, 11) is 1.78. The Morgan fingerprint density at radius 1 is 1.70 bits per heavy atom. The number of hydrogen-bond donors (Lipinski definition) is 1. The van der Waals surface area contributed by atoms with Crippen molar-refractivity contribution in [2.75, 3.05) is 13.6 Å². The Kier molecular flexibility index (Phi) is 1.76. The quantitative estimate of drug-likeness (QED) is 0.560. The third kappa shape index (κ3) is 0.926. The molecular formula is C7H12N2O. The van der Waals surface area contributed by atoms with Crippen LogP contribution < -0.4 is 5.73 Å². The lowest BCUT2D eigenvalue weighted by molar-refractivity contribution is -0.126. The van der Waals surface area contributed by atoms with Gasteiger partial charge in [0.1, 0.15) is 0 Å². The standard InChI is InChI=1S/C7H12N2O/c1-5-6(4-8)3-7(10)9(5)2/h3-4,8H2,1-2H3. The van der Waals surface area contributed by atoms with Gasteiger partial charge in [0.05, 0.1) is 6.42 Å². The first-order valence-corrected chi connectivity index (χ1v) is 3.32. The molecule has 0 atom stereocenters. The van der Waals surface area contributed by atoms with E-state index in [1.807, 2.05) is 6.92 Å². The van der Waals surface area contributed by atoms with E-state index in [0.717, 1.165) is 11.3 Å². The molecule has 0 aliphatic carbocycles. The predicted octanol–water partition coefficient (Wildman–Crippen LogP) is 0.0812. The molecule has 0 aromatic carbocycles. The van der Waals surface area contributed by atoms with Crippen LogP contribution in [-0.4, -0.2) is 24.4 Å². The Balaban J connectivity index is 2.83. The maximum Gasteiger partial charge on any atom is 0.230 e. The van der Waals surface area contributed by atoms with Crippen molar-refractivity contribution in [3.8, 4) is 0 Å². The Hall–Kier alpha value is -0.830. The van der Waals surface area contributed by atoms with Gasteiger partial charge in [-0.15, -0.1) is 0 Å². The number of nitrogens with two attached hydrogens (primary N) is 1. The summed E-state index contributed by atoms with van der Waals surface area (Å²) >= 11 is 0. The third-order valence-electron chi connectivity index (χ3n) is 2.00. The lowest BCUT2D eigenvalue weighted by Crippen LogP contribution is -2.17. The molecule has 1 aliphatic rings. The van der Waals surface area contributed by atoms with Crippen LogP contribution >= 0.6 is 0 Å². The largest absolute Gasteiger partial charge is 0.327 e. The summed E-state index contributed by atoms with van der Waals surface area (Å²) in [6.07, 6.45) is 0.513. The van der Waals surface area contributed by atoms with E-state index in [1.165, 1.54) is 0 Å². The molecule has 56 valence electrons. The van der Waals surface area contributed by atoms with Crippen LogP contribution in [0.3, 0.4) is 0 Å². The van der Waals surface area contributed by atoms with Crippen molar-refractivity contribution >= 4 is 5.91 Å². The van der Waals surface area contributed by atoms with Crippen molar-refractivity contribution < 1.29 is 4.79 Å². The summed E-state index contributed by atoms with van der Waals surface area (Å²) in [5.74, 6) is 0.151. The molecule has 1 aliphatic heterocycles. The molecule has 0 aromatic heterocycles. The fourth-order valence-corrected chi connectivity index (χ4v) is 1.07. The van der Waals surface area contributed by atoms with Gasteiger partial charge in [0.25, 0.3) is 0 Å². The predicted molar refractivity (Wildman–Crippen MR) is 39.1 cm³/mol. The molecule has 0 radical (unpaired) electrons. The van der Waals surface area contributed by atoms with E-state index in [-0.39, 0.29) is 5.91 Å². The van der Waals surface area contributed by atoms with E-state index in [4.69, 9.17) is 5.73 Å². The number of carbonyl (C=O) groups is 1. The van der Waals surface area contributed by atoms with Gasteiger partial charge < -0.3 is 10.6 Å². The highest BCUT2D eigenvalue weighted by atomic mass is 16.2. The smallest absolute Gasteiger partial charge is 0.230 e. The van der Waals surface area contributed by atoms with Crippen LogP contribution in [0.15, 0.2) is 11.3 Å². The van der Waals surface area contributed by atoms with E-state index in [2.05, 4.69) is 0 Å². The number of allylic oxidation sites excluding steroid dienone is 1. The molecular weight excluding hydrogens is 128 g/mol. The number of carbonyl (C=O) groups excluding carboxylic acids is 1. The minimum absolute atomic E-state index is 0.151. The SMILES string of the molecule is CC1=C(CN)CC(=O)N1C. The number of rotatable bonds is 1. The molecule has 0 aromatic rings. The van der Waals surface area contributed by atoms with E-state index in [1.54, 1.807) is 11.9 Å². The van der Waals surface area contributed by atoms with E-state index in [9.17, 15) is 4.79 Å². The first-order valence-electron chi connectivity index (χ1n) is 3.32. The Bertz CT molecular complexity index is 196. The van der Waals surface area contributed by atoms with Crippen molar-refractivity contribution in [3.63, 3.8) is 0 Å². The maximum absolute atomic E-state index is 11.0. The summed E-state index contributed by atoms with van der Waals surface area (Å²) < 4.78 is 0. The van der Waals surface area contributed by atoms with Gasteiger partial charge >= 0.3 is 0 Å². The monoisotopic (exact) mass is 140 g/mol. The number of hydrogen-bond acceptors (Lipinski definition) is 2. The van der Waals surface area contributed by atoms with Gasteiger partial charge in [0.15, 0.2) is 0 Å². The molecule has 0 fully saturated rings. The van der Waals surface area contributed by atoms with Crippen molar-refractivity contribution in [2.45, 2.75) is 13.3 Å². The van der Waals surface area contributed by atoms with E-state index < -0.39 is 0 Å². The highest BCUT2D eigenvalue weighted by molar-refractivity contribution is 5.83. The summed E-state index contributed by atoms with van der Waals surface area (Å²) in [6.45, 7) is 2.43. The molecule has 1 amide bonds. The van der Waals surface area contributed by atoms with E-state index >= 15 is 0 Å². The fraction of sp³-hybridized carbons (Fsp3) is 0.571. The molecule has 3 heteroatoms. The zero-order chi connectivity index (χ0) is 7.72. The molecule has 0 unspecified atom stereocenters. The second-order valence-corrected chi connectivity index (χ2v) is 2.52. The van der Waals surface area contributed by atoms with E-state index in [0.29, 0.717) is 13.0 Å². The molecule has 0 spiro atoms. The molecule has 2 N–H and O–H groups in total. The van der Waals surface area contributed by atoms with Gasteiger partial charge in [-0.2, -0.15) is 0 Å². The summed E-state index contributed by atoms with van der Waals surface area (Å²) in [6, 6.07) is 0. The Labute approximate surface area is 60.5 Å². The number of amides is 1. The second-order valence-electron chi connectivity index (χ2n) is 2.52. The van der Waals surface area contributed by atoms with Crippen molar-refractivity contribution in [3.05, 3.63) is 11.3 Å². The minimum Gasteiger partial charge on any atom is -0.327 e. The number of nitrogens with zero attached hydrogens (tertiary/aromatic N) is 1. The van der Waals surface area contributed by atoms with Gasteiger partial charge in [-0.25, -0.2) is 0 Å². The first-order chi connectivity index (χ1) is 4.66. The second kappa shape index (κ2) is 2.42. The fourth-order valence-electron chi connectivity index (χ4n) is 1.07. The van der Waals surface area contributed by atoms with Gasteiger partial charge in [0, 0.05) is 19.3 Å². The molecule has 1 heterocycles. The summed E-state index contributed by atoms with van der Waals surface area (Å²) in [5, 5.41) is 0. The highest BCUT2D eigenvalue weighted by Crippen LogP contribution is 2.20. The van der Waals surface area contributed by atoms with Gasteiger partial charge in [-0.3, -0.25) is 4.79 Å². The van der Waals surface area contributed by atoms with Crippen LogP contribution in [0.1, 0.15) is 13.3 Å². The van der Waals surface area contributed by atoms with Gasteiger partial charge in [-0.1, -0.05) is 0 Å². The molecule has 3 nitrogen and oxygen atoms in total. The maximum atomic E-state index is 11.0. The van der Waals surface area contributed by atoms with Crippen LogP contribution in [0.5, 0.6) is 0 Å².